The Morgan fingerprint density at radius 3 is 2.56 bits per heavy atom. The molecule has 0 atom stereocenters. The van der Waals surface area contributed by atoms with Crippen molar-refractivity contribution in [3.05, 3.63) is 73.1 Å². The van der Waals surface area contributed by atoms with Crippen molar-refractivity contribution in [1.82, 2.24) is 19.7 Å². The van der Waals surface area contributed by atoms with E-state index in [0.717, 1.165) is 12.1 Å². The highest BCUT2D eigenvalue weighted by Gasteiger charge is 2.34. The Morgan fingerprint density at radius 2 is 1.91 bits per heavy atom. The van der Waals surface area contributed by atoms with E-state index in [2.05, 4.69) is 21.6 Å². The van der Waals surface area contributed by atoms with Gasteiger partial charge in [0.25, 0.3) is 0 Å². The highest BCUT2D eigenvalue weighted by Crippen LogP contribution is 2.39. The Kier molecular flexibility index (Phi) is 5.93. The maximum atomic E-state index is 13.1. The van der Waals surface area contributed by atoms with Crippen LogP contribution in [0.5, 0.6) is 5.75 Å². The molecule has 11 heteroatoms. The van der Waals surface area contributed by atoms with Gasteiger partial charge in [0.15, 0.2) is 5.65 Å². The zero-order valence-corrected chi connectivity index (χ0v) is 17.7. The Bertz CT molecular complexity index is 1370. The van der Waals surface area contributed by atoms with Crippen LogP contribution >= 0.6 is 0 Å². The molecule has 2 aromatic heterocycles. The highest BCUT2D eigenvalue weighted by atomic mass is 19.4. The van der Waals surface area contributed by atoms with Crippen LogP contribution in [0.15, 0.2) is 67.5 Å². The lowest BCUT2D eigenvalue weighted by Gasteiger charge is -2.21. The summed E-state index contributed by atoms with van der Waals surface area (Å²) in [5, 5.41) is 14.8. The van der Waals surface area contributed by atoms with Gasteiger partial charge in [-0.05, 0) is 30.3 Å². The number of phenolic OH excluding ortho intramolecular Hbond substituents is 1. The van der Waals surface area contributed by atoms with Crippen molar-refractivity contribution in [1.29, 1.82) is 0 Å². The molecule has 34 heavy (non-hydrogen) atoms. The molecular formula is C23H19F3N6O2. The minimum Gasteiger partial charge on any atom is -0.507 e. The van der Waals surface area contributed by atoms with Crippen molar-refractivity contribution in [3.8, 4) is 17.0 Å². The SMILES string of the molecule is C=CC(=O)N(CCn1nc(-c2ccc(C(F)(F)F)c(O)c2)c2c(N)ncnc21)c1ccccc1. The molecule has 0 saturated carbocycles. The molecule has 3 N–H and O–H groups in total. The van der Waals surface area contributed by atoms with Crippen LogP contribution in [0, 0.1) is 0 Å². The highest BCUT2D eigenvalue weighted by molar-refractivity contribution is 6.01. The number of aromatic nitrogens is 4. The van der Waals surface area contributed by atoms with Gasteiger partial charge in [-0.15, -0.1) is 0 Å². The second-order valence-corrected chi connectivity index (χ2v) is 7.29. The first-order valence-electron chi connectivity index (χ1n) is 10.1. The van der Waals surface area contributed by atoms with Gasteiger partial charge in [0.2, 0.25) is 5.91 Å². The number of hydrogen-bond acceptors (Lipinski definition) is 6. The van der Waals surface area contributed by atoms with E-state index >= 15 is 0 Å². The average molecular weight is 468 g/mol. The number of halogens is 3. The number of alkyl halides is 3. The predicted octanol–water partition coefficient (Wildman–Crippen LogP) is 4.02. The Labute approximate surface area is 191 Å². The number of fused-ring (bicyclic) bond motifs is 1. The molecule has 0 radical (unpaired) electrons. The number of nitrogen functional groups attached to an aromatic ring is 1. The molecule has 1 amide bonds. The van der Waals surface area contributed by atoms with Crippen LogP contribution < -0.4 is 10.6 Å². The second kappa shape index (κ2) is 8.85. The van der Waals surface area contributed by atoms with Crippen LogP contribution in [0.3, 0.4) is 0 Å². The molecule has 4 rings (SSSR count). The van der Waals surface area contributed by atoms with Gasteiger partial charge in [0.05, 0.1) is 17.5 Å². The topological polar surface area (TPSA) is 110 Å². The second-order valence-electron chi connectivity index (χ2n) is 7.29. The minimum atomic E-state index is -4.70. The quantitative estimate of drug-likeness (QED) is 0.414. The van der Waals surface area contributed by atoms with Gasteiger partial charge in [0.1, 0.15) is 23.6 Å². The molecule has 0 aliphatic carbocycles. The lowest BCUT2D eigenvalue weighted by atomic mass is 10.1. The molecule has 0 unspecified atom stereocenters. The van der Waals surface area contributed by atoms with E-state index in [4.69, 9.17) is 5.73 Å². The molecule has 2 aromatic carbocycles. The fraction of sp³-hybridized carbons (Fsp3) is 0.130. The van der Waals surface area contributed by atoms with Gasteiger partial charge in [-0.25, -0.2) is 14.6 Å². The van der Waals surface area contributed by atoms with E-state index in [1.807, 2.05) is 6.07 Å². The summed E-state index contributed by atoms with van der Waals surface area (Å²) < 4.78 is 40.7. The van der Waals surface area contributed by atoms with E-state index in [1.165, 1.54) is 28.1 Å². The molecule has 8 nitrogen and oxygen atoms in total. The summed E-state index contributed by atoms with van der Waals surface area (Å²) in [6.07, 6.45) is -2.26. The summed E-state index contributed by atoms with van der Waals surface area (Å²) in [5.74, 6) is -1.17. The van der Waals surface area contributed by atoms with Crippen LogP contribution in [-0.4, -0.2) is 37.3 Å². The van der Waals surface area contributed by atoms with Crippen molar-refractivity contribution < 1.29 is 23.1 Å². The van der Waals surface area contributed by atoms with E-state index in [9.17, 15) is 23.1 Å². The zero-order valence-electron chi connectivity index (χ0n) is 17.7. The van der Waals surface area contributed by atoms with Crippen molar-refractivity contribution >= 4 is 28.4 Å². The van der Waals surface area contributed by atoms with Gasteiger partial charge in [-0.3, -0.25) is 4.79 Å². The fourth-order valence-corrected chi connectivity index (χ4v) is 3.59. The number of anilines is 2. The first-order valence-corrected chi connectivity index (χ1v) is 10.1. The number of rotatable bonds is 6. The maximum absolute atomic E-state index is 13.1. The summed E-state index contributed by atoms with van der Waals surface area (Å²) in [6.45, 7) is 3.94. The normalized spacial score (nSPS) is 11.5. The van der Waals surface area contributed by atoms with Crippen LogP contribution in [-0.2, 0) is 17.5 Å². The number of carbonyl (C=O) groups excluding carboxylic acids is 1. The molecule has 4 aromatic rings. The number of nitrogens with zero attached hydrogens (tertiary/aromatic N) is 5. The molecule has 0 aliphatic rings. The summed E-state index contributed by atoms with van der Waals surface area (Å²) in [7, 11) is 0. The smallest absolute Gasteiger partial charge is 0.419 e. The molecule has 0 saturated heterocycles. The minimum absolute atomic E-state index is 0.0766. The van der Waals surface area contributed by atoms with Gasteiger partial charge < -0.3 is 15.7 Å². The molecular weight excluding hydrogens is 449 g/mol. The van der Waals surface area contributed by atoms with Crippen LogP contribution in [0.1, 0.15) is 5.56 Å². The molecule has 0 aliphatic heterocycles. The fourth-order valence-electron chi connectivity index (χ4n) is 3.59. The summed E-state index contributed by atoms with van der Waals surface area (Å²) in [4.78, 5) is 22.1. The third-order valence-electron chi connectivity index (χ3n) is 5.18. The zero-order chi connectivity index (χ0) is 24.5. The Hall–Kier alpha value is -4.41. The summed E-state index contributed by atoms with van der Waals surface area (Å²) in [5.41, 5.74) is 6.28. The van der Waals surface area contributed by atoms with E-state index in [0.29, 0.717) is 16.7 Å². The van der Waals surface area contributed by atoms with Crippen molar-refractivity contribution in [2.45, 2.75) is 12.7 Å². The van der Waals surface area contributed by atoms with Crippen molar-refractivity contribution in [3.63, 3.8) is 0 Å². The van der Waals surface area contributed by atoms with Crippen molar-refractivity contribution in [2.24, 2.45) is 0 Å². The van der Waals surface area contributed by atoms with E-state index < -0.39 is 17.5 Å². The predicted molar refractivity (Wildman–Crippen MR) is 121 cm³/mol. The molecule has 0 fully saturated rings. The summed E-state index contributed by atoms with van der Waals surface area (Å²) >= 11 is 0. The monoisotopic (exact) mass is 468 g/mol. The number of aromatic hydroxyl groups is 1. The number of para-hydroxylation sites is 1. The first kappa shape index (κ1) is 22.8. The van der Waals surface area contributed by atoms with Crippen LogP contribution in [0.25, 0.3) is 22.3 Å². The number of benzene rings is 2. The van der Waals surface area contributed by atoms with Crippen LogP contribution in [0.2, 0.25) is 0 Å². The van der Waals surface area contributed by atoms with Gasteiger partial charge in [-0.1, -0.05) is 30.8 Å². The first-order chi connectivity index (χ1) is 16.2. The van der Waals surface area contributed by atoms with E-state index in [-0.39, 0.29) is 36.1 Å². The number of hydrogen-bond donors (Lipinski definition) is 2. The standard InChI is InChI=1S/C23H19F3N6O2/c1-2-18(34)31(15-6-4-3-5-7-15)10-11-32-22-19(21(27)28-13-29-22)20(30-32)14-8-9-16(17(33)12-14)23(24,25)26/h2-9,12-13,33H,1,10-11H2,(H2,27,28,29). The van der Waals surface area contributed by atoms with Gasteiger partial charge in [0, 0.05) is 17.8 Å². The number of phenols is 1. The Balaban J connectivity index is 1.74. The van der Waals surface area contributed by atoms with E-state index in [1.54, 1.807) is 24.3 Å². The number of carbonyl (C=O) groups is 1. The van der Waals surface area contributed by atoms with Gasteiger partial charge >= 0.3 is 6.18 Å². The lowest BCUT2D eigenvalue weighted by Crippen LogP contribution is -2.32. The average Bonchev–Trinajstić information content (AvgIpc) is 3.19. The third kappa shape index (κ3) is 4.27. The summed E-state index contributed by atoms with van der Waals surface area (Å²) in [6, 6.07) is 11.9. The molecule has 174 valence electrons. The van der Waals surface area contributed by atoms with Gasteiger partial charge in [-0.2, -0.15) is 18.3 Å². The molecule has 0 bridgehead atoms. The number of nitrogens with two attached hydrogens (primary N) is 1. The number of amides is 1. The maximum Gasteiger partial charge on any atom is 0.419 e. The lowest BCUT2D eigenvalue weighted by molar-refractivity contribution is -0.138. The van der Waals surface area contributed by atoms with Crippen molar-refractivity contribution in [2.75, 3.05) is 17.2 Å². The third-order valence-corrected chi connectivity index (χ3v) is 5.18. The van der Waals surface area contributed by atoms with Crippen LogP contribution in [0.4, 0.5) is 24.7 Å². The Morgan fingerprint density at radius 1 is 1.18 bits per heavy atom. The molecule has 0 spiro atoms. The molecule has 2 heterocycles. The largest absolute Gasteiger partial charge is 0.507 e.